The molecule has 4 rings (SSSR count). The number of hydrogen-bond acceptors (Lipinski definition) is 2. The van der Waals surface area contributed by atoms with Gasteiger partial charge in [0.05, 0.1) is 12.0 Å². The molecule has 4 aliphatic rings. The third kappa shape index (κ3) is 1.79. The molecule has 4 aliphatic carbocycles. The molecule has 0 aromatic rings. The highest BCUT2D eigenvalue weighted by atomic mass is 16.3. The molecule has 0 spiro atoms. The minimum atomic E-state index is -0.0430. The van der Waals surface area contributed by atoms with Crippen LogP contribution in [0.25, 0.3) is 0 Å². The zero-order valence-electron chi connectivity index (χ0n) is 10.7. The van der Waals surface area contributed by atoms with E-state index in [0.717, 1.165) is 37.0 Å². The van der Waals surface area contributed by atoms with Gasteiger partial charge in [0.1, 0.15) is 0 Å². The second kappa shape index (κ2) is 3.98. The molecule has 4 fully saturated rings. The van der Waals surface area contributed by atoms with Crippen LogP contribution in [0.2, 0.25) is 0 Å². The summed E-state index contributed by atoms with van der Waals surface area (Å²) in [5.41, 5.74) is -0.0430. The van der Waals surface area contributed by atoms with Crippen LogP contribution in [-0.2, 0) is 4.79 Å². The topological polar surface area (TPSA) is 40.5 Å². The van der Waals surface area contributed by atoms with Crippen molar-refractivity contribution in [2.45, 2.75) is 38.5 Å². The van der Waals surface area contributed by atoms with Crippen molar-refractivity contribution in [2.24, 2.45) is 23.2 Å². The van der Waals surface area contributed by atoms with E-state index in [1.165, 1.54) is 19.3 Å². The van der Waals surface area contributed by atoms with Gasteiger partial charge in [-0.05, 0) is 56.3 Å². The van der Waals surface area contributed by atoms with Crippen molar-refractivity contribution in [1.82, 2.24) is 4.90 Å². The molecule has 0 unspecified atom stereocenters. The third-order valence-corrected chi connectivity index (χ3v) is 5.27. The van der Waals surface area contributed by atoms with Crippen molar-refractivity contribution in [3.05, 3.63) is 0 Å². The molecule has 17 heavy (non-hydrogen) atoms. The third-order valence-electron chi connectivity index (χ3n) is 5.27. The minimum absolute atomic E-state index is 0.0430. The van der Waals surface area contributed by atoms with Gasteiger partial charge in [-0.25, -0.2) is 0 Å². The zero-order chi connectivity index (χ0) is 12.0. The number of carbonyl (C=O) groups is 1. The fourth-order valence-electron chi connectivity index (χ4n) is 5.03. The first kappa shape index (κ1) is 11.5. The summed E-state index contributed by atoms with van der Waals surface area (Å²) in [5, 5.41) is 8.97. The first-order chi connectivity index (χ1) is 8.13. The van der Waals surface area contributed by atoms with Gasteiger partial charge in [0, 0.05) is 13.6 Å². The molecule has 0 aromatic carbocycles. The van der Waals surface area contributed by atoms with Gasteiger partial charge >= 0.3 is 0 Å². The Morgan fingerprint density at radius 1 is 1.18 bits per heavy atom. The maximum absolute atomic E-state index is 12.6. The highest BCUT2D eigenvalue weighted by Crippen LogP contribution is 2.60. The van der Waals surface area contributed by atoms with Crippen molar-refractivity contribution in [2.75, 3.05) is 20.2 Å². The number of amides is 1. The number of likely N-dealkylation sites (N-methyl/N-ethyl adjacent to an activating group) is 1. The molecule has 3 heteroatoms. The smallest absolute Gasteiger partial charge is 0.228 e. The number of aliphatic hydroxyl groups is 1. The Morgan fingerprint density at radius 3 is 2.06 bits per heavy atom. The quantitative estimate of drug-likeness (QED) is 0.811. The monoisotopic (exact) mass is 237 g/mol. The molecular weight excluding hydrogens is 214 g/mol. The van der Waals surface area contributed by atoms with Gasteiger partial charge in [-0.1, -0.05) is 0 Å². The largest absolute Gasteiger partial charge is 0.395 e. The van der Waals surface area contributed by atoms with Gasteiger partial charge in [0.25, 0.3) is 0 Å². The maximum atomic E-state index is 12.6. The molecule has 0 atom stereocenters. The summed E-state index contributed by atoms with van der Waals surface area (Å²) in [6, 6.07) is 0. The lowest BCUT2D eigenvalue weighted by molar-refractivity contribution is -0.156. The number of carbonyl (C=O) groups excluding carboxylic acids is 1. The van der Waals surface area contributed by atoms with Crippen LogP contribution in [0.3, 0.4) is 0 Å². The Bertz CT molecular complexity index is 291. The first-order valence-corrected chi connectivity index (χ1v) is 6.99. The normalized spacial score (nSPS) is 42.8. The molecule has 96 valence electrons. The summed E-state index contributed by atoms with van der Waals surface area (Å²) in [5.74, 6) is 2.75. The second-order valence-corrected chi connectivity index (χ2v) is 6.65. The van der Waals surface area contributed by atoms with Gasteiger partial charge in [-0.3, -0.25) is 4.79 Å². The number of rotatable bonds is 3. The average Bonchev–Trinajstić information content (AvgIpc) is 2.26. The Morgan fingerprint density at radius 2 is 1.65 bits per heavy atom. The van der Waals surface area contributed by atoms with E-state index in [2.05, 4.69) is 0 Å². The van der Waals surface area contributed by atoms with Crippen molar-refractivity contribution >= 4 is 5.91 Å². The molecular formula is C14H23NO2. The van der Waals surface area contributed by atoms with Crippen LogP contribution in [0.4, 0.5) is 0 Å². The van der Waals surface area contributed by atoms with E-state index in [0.29, 0.717) is 12.5 Å². The molecule has 0 aromatic heterocycles. The van der Waals surface area contributed by atoms with Crippen molar-refractivity contribution in [1.29, 1.82) is 0 Å². The van der Waals surface area contributed by atoms with Crippen molar-refractivity contribution < 1.29 is 9.90 Å². The lowest BCUT2D eigenvalue weighted by atomic mass is 9.49. The molecule has 1 amide bonds. The van der Waals surface area contributed by atoms with Gasteiger partial charge in [-0.15, -0.1) is 0 Å². The SMILES string of the molecule is CN(CCO)C(=O)C12CC3CC(CC(C3)C1)C2. The Labute approximate surface area is 103 Å². The van der Waals surface area contributed by atoms with Crippen LogP contribution in [0.15, 0.2) is 0 Å². The number of aliphatic hydroxyl groups excluding tert-OH is 1. The summed E-state index contributed by atoms with van der Waals surface area (Å²) >= 11 is 0. The highest BCUT2D eigenvalue weighted by Gasteiger charge is 2.55. The van der Waals surface area contributed by atoms with Crippen molar-refractivity contribution in [3.8, 4) is 0 Å². The molecule has 0 radical (unpaired) electrons. The van der Waals surface area contributed by atoms with E-state index in [9.17, 15) is 4.79 Å². The summed E-state index contributed by atoms with van der Waals surface area (Å²) in [4.78, 5) is 14.4. The van der Waals surface area contributed by atoms with E-state index in [4.69, 9.17) is 5.11 Å². The van der Waals surface area contributed by atoms with Gasteiger partial charge < -0.3 is 10.0 Å². The fraction of sp³-hybridized carbons (Fsp3) is 0.929. The summed E-state index contributed by atoms with van der Waals surface area (Å²) < 4.78 is 0. The molecule has 0 saturated heterocycles. The van der Waals surface area contributed by atoms with Crippen molar-refractivity contribution in [3.63, 3.8) is 0 Å². The Kier molecular flexibility index (Phi) is 2.69. The van der Waals surface area contributed by atoms with Crippen LogP contribution >= 0.6 is 0 Å². The van der Waals surface area contributed by atoms with Crippen LogP contribution in [0.1, 0.15) is 38.5 Å². The number of nitrogens with zero attached hydrogens (tertiary/aromatic N) is 1. The molecule has 0 heterocycles. The van der Waals surface area contributed by atoms with E-state index in [1.807, 2.05) is 7.05 Å². The van der Waals surface area contributed by atoms with Crippen LogP contribution < -0.4 is 0 Å². The van der Waals surface area contributed by atoms with Crippen LogP contribution in [0, 0.1) is 23.2 Å². The Hall–Kier alpha value is -0.570. The molecule has 4 bridgehead atoms. The van der Waals surface area contributed by atoms with Gasteiger partial charge in [-0.2, -0.15) is 0 Å². The van der Waals surface area contributed by atoms with Gasteiger partial charge in [0.2, 0.25) is 5.91 Å². The van der Waals surface area contributed by atoms with Crippen LogP contribution in [-0.4, -0.2) is 36.1 Å². The predicted octanol–water partition coefficient (Wildman–Crippen LogP) is 1.65. The lowest BCUT2D eigenvalue weighted by Crippen LogP contribution is -2.54. The summed E-state index contributed by atoms with van der Waals surface area (Å²) in [6.45, 7) is 0.565. The fourth-order valence-corrected chi connectivity index (χ4v) is 5.03. The van der Waals surface area contributed by atoms with Gasteiger partial charge in [0.15, 0.2) is 0 Å². The second-order valence-electron chi connectivity index (χ2n) is 6.65. The van der Waals surface area contributed by atoms with Crippen LogP contribution in [0.5, 0.6) is 0 Å². The molecule has 4 saturated carbocycles. The molecule has 1 N–H and O–H groups in total. The highest BCUT2D eigenvalue weighted by molar-refractivity contribution is 5.83. The van der Waals surface area contributed by atoms with E-state index >= 15 is 0 Å². The average molecular weight is 237 g/mol. The van der Waals surface area contributed by atoms with E-state index < -0.39 is 0 Å². The standard InChI is InChI=1S/C14H23NO2/c1-15(2-3-16)13(17)14-7-10-4-11(8-14)6-12(5-10)9-14/h10-12,16H,2-9H2,1H3. The van der Waals surface area contributed by atoms with E-state index in [1.54, 1.807) is 4.90 Å². The lowest BCUT2D eigenvalue weighted by Gasteiger charge is -2.56. The first-order valence-electron chi connectivity index (χ1n) is 6.99. The predicted molar refractivity (Wildman–Crippen MR) is 65.3 cm³/mol. The number of hydrogen-bond donors (Lipinski definition) is 1. The Balaban J connectivity index is 1.79. The summed E-state index contributed by atoms with van der Waals surface area (Å²) in [7, 11) is 1.84. The molecule has 0 aliphatic heterocycles. The zero-order valence-corrected chi connectivity index (χ0v) is 10.7. The van der Waals surface area contributed by atoms with E-state index in [-0.39, 0.29) is 12.0 Å². The molecule has 3 nitrogen and oxygen atoms in total. The minimum Gasteiger partial charge on any atom is -0.395 e. The maximum Gasteiger partial charge on any atom is 0.228 e. The summed E-state index contributed by atoms with van der Waals surface area (Å²) in [6.07, 6.45) is 7.47.